The van der Waals surface area contributed by atoms with Crippen molar-refractivity contribution < 1.29 is 0 Å². The van der Waals surface area contributed by atoms with Gasteiger partial charge >= 0.3 is 0 Å². The third-order valence-electron chi connectivity index (χ3n) is 1.57. The second-order valence-electron chi connectivity index (χ2n) is 2.30. The molecule has 0 aromatic carbocycles. The molecule has 64 valence electrons. The maximum atomic E-state index is 5.93. The van der Waals surface area contributed by atoms with Crippen LogP contribution < -0.4 is 0 Å². The van der Waals surface area contributed by atoms with Gasteiger partial charge in [0.05, 0.1) is 11.2 Å². The number of allylic oxidation sites excluding steroid dienone is 1. The molecule has 1 rings (SSSR count). The van der Waals surface area contributed by atoms with E-state index in [1.165, 1.54) is 0 Å². The lowest BCUT2D eigenvalue weighted by Gasteiger charge is -1.99. The van der Waals surface area contributed by atoms with Gasteiger partial charge in [-0.05, 0) is 13.6 Å². The Bertz CT molecular complexity index is 325. The molecule has 0 fully saturated rings. The van der Waals surface area contributed by atoms with Crippen LogP contribution in [-0.2, 0) is 7.05 Å². The van der Waals surface area contributed by atoms with Crippen molar-refractivity contribution in [2.75, 3.05) is 0 Å². The van der Waals surface area contributed by atoms with Gasteiger partial charge in [0.15, 0.2) is 0 Å². The van der Waals surface area contributed by atoms with E-state index in [9.17, 15) is 0 Å². The van der Waals surface area contributed by atoms with Gasteiger partial charge in [-0.3, -0.25) is 9.67 Å². The molecule has 0 aliphatic heterocycles. The van der Waals surface area contributed by atoms with Gasteiger partial charge in [-0.15, -0.1) is 0 Å². The molecule has 4 heteroatoms. The highest BCUT2D eigenvalue weighted by Crippen LogP contribution is 2.27. The van der Waals surface area contributed by atoms with Crippen LogP contribution in [0.25, 0.3) is 5.03 Å². The Morgan fingerprint density at radius 1 is 1.83 bits per heavy atom. The average Bonchev–Trinajstić information content (AvgIpc) is 2.45. The zero-order valence-electron chi connectivity index (χ0n) is 7.08. The average molecular weight is 184 g/mol. The smallest absolute Gasteiger partial charge is 0.109 e. The molecular formula is C8H10ClN3. The van der Waals surface area contributed by atoms with Crippen molar-refractivity contribution in [1.29, 1.82) is 0 Å². The zero-order chi connectivity index (χ0) is 9.14. The quantitative estimate of drug-likeness (QED) is 0.648. The number of hydrogen-bond acceptors (Lipinski definition) is 2. The third-order valence-corrected chi connectivity index (χ3v) is 1.97. The van der Waals surface area contributed by atoms with Crippen molar-refractivity contribution in [2.45, 2.75) is 6.92 Å². The van der Waals surface area contributed by atoms with E-state index >= 15 is 0 Å². The normalized spacial score (nSPS) is 11.8. The topological polar surface area (TPSA) is 30.2 Å². The summed E-state index contributed by atoms with van der Waals surface area (Å²) in [7, 11) is 1.82. The fourth-order valence-corrected chi connectivity index (χ4v) is 1.17. The number of aromatic nitrogens is 2. The van der Waals surface area contributed by atoms with E-state index in [0.29, 0.717) is 10.7 Å². The monoisotopic (exact) mass is 183 g/mol. The minimum absolute atomic E-state index is 0.636. The molecule has 12 heavy (non-hydrogen) atoms. The Kier molecular flexibility index (Phi) is 2.65. The van der Waals surface area contributed by atoms with Crippen molar-refractivity contribution in [3.8, 4) is 0 Å². The highest BCUT2D eigenvalue weighted by Gasteiger charge is 2.08. The summed E-state index contributed by atoms with van der Waals surface area (Å²) in [6.45, 7) is 5.30. The fourth-order valence-electron chi connectivity index (χ4n) is 0.955. The molecule has 0 radical (unpaired) electrons. The van der Waals surface area contributed by atoms with E-state index in [-0.39, 0.29) is 0 Å². The summed E-state index contributed by atoms with van der Waals surface area (Å²) in [5, 5.41) is 4.65. The van der Waals surface area contributed by atoms with Gasteiger partial charge in [-0.2, -0.15) is 5.10 Å². The number of hydrogen-bond donors (Lipinski definition) is 0. The second-order valence-corrected chi connectivity index (χ2v) is 2.70. The van der Waals surface area contributed by atoms with Gasteiger partial charge < -0.3 is 0 Å². The van der Waals surface area contributed by atoms with Gasteiger partial charge in [-0.25, -0.2) is 0 Å². The molecule has 0 bridgehead atoms. The summed E-state index contributed by atoms with van der Waals surface area (Å²) in [6.07, 6.45) is 3.43. The largest absolute Gasteiger partial charge is 0.265 e. The lowest BCUT2D eigenvalue weighted by molar-refractivity contribution is 0.758. The Labute approximate surface area is 76.4 Å². The van der Waals surface area contributed by atoms with E-state index in [1.807, 2.05) is 14.0 Å². The predicted molar refractivity (Wildman–Crippen MR) is 51.9 cm³/mol. The number of aryl methyl sites for hydroxylation is 1. The first-order chi connectivity index (χ1) is 5.70. The Hall–Kier alpha value is -1.09. The first-order valence-corrected chi connectivity index (χ1v) is 3.89. The Morgan fingerprint density at radius 3 is 3.00 bits per heavy atom. The molecule has 0 amide bonds. The second kappa shape index (κ2) is 3.54. The molecule has 1 aromatic rings. The minimum atomic E-state index is 0.636. The predicted octanol–water partition coefficient (Wildman–Crippen LogP) is 2.35. The zero-order valence-corrected chi connectivity index (χ0v) is 7.84. The lowest BCUT2D eigenvalue weighted by Crippen LogP contribution is -1.94. The molecule has 0 spiro atoms. The summed E-state index contributed by atoms with van der Waals surface area (Å²) < 4.78 is 1.67. The molecule has 0 N–H and O–H groups in total. The number of halogens is 1. The first kappa shape index (κ1) is 9.00. The van der Waals surface area contributed by atoms with E-state index in [0.717, 1.165) is 5.69 Å². The summed E-state index contributed by atoms with van der Waals surface area (Å²) in [4.78, 5) is 3.80. The van der Waals surface area contributed by atoms with Crippen LogP contribution in [0.1, 0.15) is 12.6 Å². The highest BCUT2D eigenvalue weighted by atomic mass is 35.5. The first-order valence-electron chi connectivity index (χ1n) is 3.51. The molecule has 1 aromatic heterocycles. The highest BCUT2D eigenvalue weighted by molar-refractivity contribution is 6.48. The van der Waals surface area contributed by atoms with Gasteiger partial charge in [-0.1, -0.05) is 17.7 Å². The van der Waals surface area contributed by atoms with Crippen LogP contribution in [0.2, 0.25) is 0 Å². The molecular weight excluding hydrogens is 174 g/mol. The Balaban J connectivity index is 3.28. The van der Waals surface area contributed by atoms with Crippen LogP contribution >= 0.6 is 11.6 Å². The molecule has 1 heterocycles. The summed E-state index contributed by atoms with van der Waals surface area (Å²) in [5.74, 6) is 0. The Morgan fingerprint density at radius 2 is 2.50 bits per heavy atom. The van der Waals surface area contributed by atoms with Crippen molar-refractivity contribution in [3.05, 3.63) is 18.0 Å². The van der Waals surface area contributed by atoms with Crippen molar-refractivity contribution in [1.82, 2.24) is 9.78 Å². The van der Waals surface area contributed by atoms with Crippen LogP contribution in [0.3, 0.4) is 0 Å². The SMILES string of the molecule is C=Nc1cnn(C)c1/C(Cl)=C\C. The van der Waals surface area contributed by atoms with E-state index in [2.05, 4.69) is 16.8 Å². The fraction of sp³-hybridized carbons (Fsp3) is 0.250. The molecule has 3 nitrogen and oxygen atoms in total. The van der Waals surface area contributed by atoms with E-state index in [4.69, 9.17) is 11.6 Å². The standard InChI is InChI=1S/C8H10ClN3/c1-4-6(9)8-7(10-2)5-11-12(8)3/h4-5H,2H2,1,3H3/b6-4+. The van der Waals surface area contributed by atoms with Crippen LogP contribution in [0.4, 0.5) is 5.69 Å². The maximum absolute atomic E-state index is 5.93. The van der Waals surface area contributed by atoms with Crippen LogP contribution in [0.15, 0.2) is 17.3 Å². The molecule has 0 unspecified atom stereocenters. The van der Waals surface area contributed by atoms with Crippen molar-refractivity contribution in [2.24, 2.45) is 12.0 Å². The number of nitrogens with zero attached hydrogens (tertiary/aromatic N) is 3. The summed E-state index contributed by atoms with van der Waals surface area (Å²) >= 11 is 5.93. The minimum Gasteiger partial charge on any atom is -0.265 e. The van der Waals surface area contributed by atoms with Crippen LogP contribution in [-0.4, -0.2) is 16.5 Å². The van der Waals surface area contributed by atoms with Crippen LogP contribution in [0.5, 0.6) is 0 Å². The van der Waals surface area contributed by atoms with E-state index < -0.39 is 0 Å². The number of aliphatic imine (C=N–C) groups is 1. The van der Waals surface area contributed by atoms with Crippen molar-refractivity contribution >= 4 is 29.0 Å². The van der Waals surface area contributed by atoms with E-state index in [1.54, 1.807) is 17.0 Å². The van der Waals surface area contributed by atoms with Gasteiger partial charge in [0.2, 0.25) is 0 Å². The number of rotatable bonds is 2. The molecule has 0 saturated carbocycles. The summed E-state index contributed by atoms with van der Waals surface area (Å²) in [6, 6.07) is 0. The van der Waals surface area contributed by atoms with Gasteiger partial charge in [0.25, 0.3) is 0 Å². The van der Waals surface area contributed by atoms with Gasteiger partial charge in [0.1, 0.15) is 11.4 Å². The van der Waals surface area contributed by atoms with Crippen LogP contribution in [0, 0.1) is 0 Å². The molecule has 0 aliphatic carbocycles. The van der Waals surface area contributed by atoms with Gasteiger partial charge in [0, 0.05) is 7.05 Å². The lowest BCUT2D eigenvalue weighted by atomic mass is 10.3. The van der Waals surface area contributed by atoms with Crippen molar-refractivity contribution in [3.63, 3.8) is 0 Å². The third kappa shape index (κ3) is 1.41. The maximum Gasteiger partial charge on any atom is 0.109 e. The summed E-state index contributed by atoms with van der Waals surface area (Å²) in [5.41, 5.74) is 1.51. The molecule has 0 saturated heterocycles. The molecule has 0 aliphatic rings. The molecule has 0 atom stereocenters.